The summed E-state index contributed by atoms with van der Waals surface area (Å²) in [7, 11) is -1.43. The fourth-order valence-electron chi connectivity index (χ4n) is 3.20. The first kappa shape index (κ1) is 18.0. The van der Waals surface area contributed by atoms with Gasteiger partial charge in [-0.25, -0.2) is 4.79 Å². The van der Waals surface area contributed by atoms with Crippen LogP contribution in [0.2, 0.25) is 0 Å². The first-order valence-electron chi connectivity index (χ1n) is 7.95. The monoisotopic (exact) mass is 372 g/mol. The largest absolute Gasteiger partial charge is 0.506 e. The fraction of sp³-hybridized carbons (Fsp3) is 0.600. The molecule has 2 aliphatic rings. The number of aromatic nitrogens is 2. The lowest BCUT2D eigenvalue weighted by molar-refractivity contribution is -0.0355. The molecular formula is C15H21N2O7P. The summed E-state index contributed by atoms with van der Waals surface area (Å²) in [5.41, 5.74) is -1.43. The molecule has 9 nitrogen and oxygen atoms in total. The lowest BCUT2D eigenvalue weighted by atomic mass is 10.2. The maximum Gasteiger partial charge on any atom is 0.331 e. The molecule has 1 aliphatic carbocycles. The fourth-order valence-corrected chi connectivity index (χ4v) is 5.30. The van der Waals surface area contributed by atoms with E-state index >= 15 is 0 Å². The van der Waals surface area contributed by atoms with Crippen LogP contribution in [0.4, 0.5) is 0 Å². The Labute approximate surface area is 143 Å². The molecule has 1 aromatic heterocycles. The van der Waals surface area contributed by atoms with Gasteiger partial charge in [0.05, 0.1) is 6.61 Å². The Morgan fingerprint density at radius 3 is 2.80 bits per heavy atom. The number of methoxy groups -OCH3 is 1. The van der Waals surface area contributed by atoms with E-state index < -0.39 is 30.9 Å². The Morgan fingerprint density at radius 1 is 1.48 bits per heavy atom. The average molecular weight is 372 g/mol. The number of nitrogens with zero attached hydrogens (tertiary/aromatic N) is 1. The van der Waals surface area contributed by atoms with Gasteiger partial charge in [-0.15, -0.1) is 0 Å². The van der Waals surface area contributed by atoms with E-state index in [1.54, 1.807) is 13.6 Å². The van der Waals surface area contributed by atoms with Crippen LogP contribution in [0.3, 0.4) is 0 Å². The highest BCUT2D eigenvalue weighted by Gasteiger charge is 2.56. The third kappa shape index (κ3) is 3.19. The van der Waals surface area contributed by atoms with Gasteiger partial charge in [0, 0.05) is 37.6 Å². The molecule has 1 aliphatic heterocycles. The van der Waals surface area contributed by atoms with E-state index in [1.807, 2.05) is 0 Å². The predicted molar refractivity (Wildman–Crippen MR) is 88.9 cm³/mol. The van der Waals surface area contributed by atoms with Crippen molar-refractivity contribution in [1.29, 1.82) is 0 Å². The predicted octanol–water partition coefficient (Wildman–Crippen LogP) is 1.18. The number of ether oxygens (including phenoxy) is 2. The first-order valence-corrected chi connectivity index (χ1v) is 10.1. The Kier molecular flexibility index (Phi) is 4.66. The van der Waals surface area contributed by atoms with Crippen LogP contribution in [0, 0.1) is 5.92 Å². The molecule has 0 bridgehead atoms. The number of aliphatic hydroxyl groups excluding tert-OH is 1. The zero-order chi connectivity index (χ0) is 18.4. The summed E-state index contributed by atoms with van der Waals surface area (Å²) in [5, 5.41) is 10.5. The third-order valence-corrected chi connectivity index (χ3v) is 7.04. The maximum atomic E-state index is 12.5. The molecule has 0 spiro atoms. The number of aromatic amines is 1. The van der Waals surface area contributed by atoms with Crippen molar-refractivity contribution in [2.75, 3.05) is 20.4 Å². The molecule has 1 aromatic rings. The zero-order valence-electron chi connectivity index (χ0n) is 14.2. The first-order chi connectivity index (χ1) is 11.8. The van der Waals surface area contributed by atoms with Gasteiger partial charge < -0.3 is 19.1 Å². The van der Waals surface area contributed by atoms with Gasteiger partial charge in [0.25, 0.3) is 5.56 Å². The zero-order valence-corrected chi connectivity index (χ0v) is 15.1. The van der Waals surface area contributed by atoms with Gasteiger partial charge >= 0.3 is 5.69 Å². The van der Waals surface area contributed by atoms with E-state index in [9.17, 15) is 19.3 Å². The van der Waals surface area contributed by atoms with Crippen LogP contribution in [0.25, 0.3) is 0 Å². The van der Waals surface area contributed by atoms with Gasteiger partial charge in [-0.2, -0.15) is 0 Å². The molecule has 2 N–H and O–H groups in total. The number of H-pyrrole nitrogens is 1. The van der Waals surface area contributed by atoms with Crippen LogP contribution in [-0.2, 0) is 18.6 Å². The molecule has 138 valence electrons. The van der Waals surface area contributed by atoms with Crippen LogP contribution < -0.4 is 11.2 Å². The third-order valence-electron chi connectivity index (χ3n) is 4.49. The number of allylic oxidation sites excluding steroid dienone is 1. The smallest absolute Gasteiger partial charge is 0.331 e. The lowest BCUT2D eigenvalue weighted by Crippen LogP contribution is -2.36. The molecular weight excluding hydrogens is 351 g/mol. The molecule has 0 aromatic carbocycles. The van der Waals surface area contributed by atoms with Crippen molar-refractivity contribution in [2.24, 2.45) is 5.92 Å². The van der Waals surface area contributed by atoms with Crippen molar-refractivity contribution < 1.29 is 23.7 Å². The molecule has 1 fully saturated rings. The van der Waals surface area contributed by atoms with Gasteiger partial charge in [0.15, 0.2) is 11.9 Å². The van der Waals surface area contributed by atoms with E-state index in [2.05, 4.69) is 4.98 Å². The number of hydrogen-bond acceptors (Lipinski definition) is 7. The van der Waals surface area contributed by atoms with Crippen molar-refractivity contribution in [3.05, 3.63) is 44.6 Å². The van der Waals surface area contributed by atoms with Crippen LogP contribution in [0.5, 0.6) is 0 Å². The normalized spacial score (nSPS) is 30.8. The molecule has 25 heavy (non-hydrogen) atoms. The number of aliphatic hydroxyl groups is 1. The SMILES string of the molecule is CCOP(C)(=O)C1CC1C1=C(O)C(OC)[C@H](n2ccc(=O)[nH]c2=O)O1. The molecule has 0 radical (unpaired) electrons. The summed E-state index contributed by atoms with van der Waals surface area (Å²) >= 11 is 0. The van der Waals surface area contributed by atoms with E-state index in [-0.39, 0.29) is 23.1 Å². The van der Waals surface area contributed by atoms with Crippen LogP contribution in [-0.4, -0.2) is 46.8 Å². The van der Waals surface area contributed by atoms with Crippen LogP contribution in [0.1, 0.15) is 19.6 Å². The van der Waals surface area contributed by atoms with Crippen molar-refractivity contribution in [2.45, 2.75) is 31.3 Å². The maximum absolute atomic E-state index is 12.5. The molecule has 0 saturated heterocycles. The van der Waals surface area contributed by atoms with Crippen molar-refractivity contribution >= 4 is 7.37 Å². The Balaban J connectivity index is 1.86. The van der Waals surface area contributed by atoms with Crippen LogP contribution >= 0.6 is 7.37 Å². The Hall–Kier alpha value is -1.83. The van der Waals surface area contributed by atoms with Gasteiger partial charge in [-0.1, -0.05) is 0 Å². The van der Waals surface area contributed by atoms with Gasteiger partial charge in [-0.05, 0) is 13.3 Å². The van der Waals surface area contributed by atoms with E-state index in [0.29, 0.717) is 13.0 Å². The number of hydrogen-bond donors (Lipinski definition) is 2. The van der Waals surface area contributed by atoms with Gasteiger partial charge in [0.1, 0.15) is 5.76 Å². The summed E-state index contributed by atoms with van der Waals surface area (Å²) in [6, 6.07) is 1.18. The molecule has 1 saturated carbocycles. The molecule has 0 amide bonds. The lowest BCUT2D eigenvalue weighted by Gasteiger charge is -2.20. The van der Waals surface area contributed by atoms with Crippen LogP contribution in [0.15, 0.2) is 33.4 Å². The highest BCUT2D eigenvalue weighted by atomic mass is 31.2. The summed E-state index contributed by atoms with van der Waals surface area (Å²) in [4.78, 5) is 25.4. The minimum Gasteiger partial charge on any atom is -0.506 e. The summed E-state index contributed by atoms with van der Waals surface area (Å²) in [5.74, 6) is -0.111. The standard InChI is InChI=1S/C15H21N2O7P/c1-4-23-25(3,21)9-7-8(9)12-11(19)13(22-2)14(24-12)17-6-5-10(18)16-15(17)20/h5-6,8-9,13-14,19H,4,7H2,1-3H3,(H,16,18,20)/t8?,9?,13?,14-,25?/m1/s1. The highest BCUT2D eigenvalue weighted by molar-refractivity contribution is 7.59. The van der Waals surface area contributed by atoms with Crippen molar-refractivity contribution in [3.8, 4) is 0 Å². The second-order valence-corrected chi connectivity index (χ2v) is 8.91. The average Bonchev–Trinajstić information content (AvgIpc) is 3.27. The van der Waals surface area contributed by atoms with Crippen molar-refractivity contribution in [1.82, 2.24) is 9.55 Å². The van der Waals surface area contributed by atoms with Crippen molar-refractivity contribution in [3.63, 3.8) is 0 Å². The van der Waals surface area contributed by atoms with E-state index in [0.717, 1.165) is 4.57 Å². The molecule has 3 rings (SSSR count). The molecule has 10 heteroatoms. The van der Waals surface area contributed by atoms with E-state index in [1.165, 1.54) is 19.4 Å². The molecule has 5 atom stereocenters. The second-order valence-electron chi connectivity index (χ2n) is 6.17. The quantitative estimate of drug-likeness (QED) is 0.720. The highest BCUT2D eigenvalue weighted by Crippen LogP contribution is 2.65. The minimum atomic E-state index is -2.81. The van der Waals surface area contributed by atoms with Gasteiger partial charge in [0.2, 0.25) is 13.6 Å². The summed E-state index contributed by atoms with van der Waals surface area (Å²) < 4.78 is 30.1. The Bertz CT molecular complexity index is 858. The molecule has 2 heterocycles. The topological polar surface area (TPSA) is 120 Å². The number of nitrogens with one attached hydrogen (secondary N) is 1. The second kappa shape index (κ2) is 6.48. The Morgan fingerprint density at radius 2 is 2.20 bits per heavy atom. The summed E-state index contributed by atoms with van der Waals surface area (Å²) in [6.45, 7) is 3.69. The van der Waals surface area contributed by atoms with E-state index in [4.69, 9.17) is 14.0 Å². The number of rotatable bonds is 6. The minimum absolute atomic E-state index is 0.130. The summed E-state index contributed by atoms with van der Waals surface area (Å²) in [6.07, 6.45) is -0.00246. The molecule has 4 unspecified atom stereocenters. The van der Waals surface area contributed by atoms with Gasteiger partial charge in [-0.3, -0.25) is 18.9 Å².